The normalized spacial score (nSPS) is 11.1. The Morgan fingerprint density at radius 2 is 0.675 bits per heavy atom. The molecule has 0 atom stereocenters. The quantitative estimate of drug-likeness (QED) is 0.131. The Morgan fingerprint density at radius 1 is 0.299 bits per heavy atom. The topological polar surface area (TPSA) is 143 Å². The number of fused-ring (bicyclic) bond motifs is 3. The Balaban J connectivity index is 1.10. The first-order valence-corrected chi connectivity index (χ1v) is 25.0. The van der Waals surface area contributed by atoms with Gasteiger partial charge in [0.1, 0.15) is 0 Å². The lowest BCUT2D eigenvalue weighted by atomic mass is 9.96. The molecule has 77 heavy (non-hydrogen) atoms. The number of hydrogen-bond donors (Lipinski definition) is 0. The molecule has 0 radical (unpaired) electrons. The Morgan fingerprint density at radius 3 is 1.12 bits per heavy atom. The van der Waals surface area contributed by atoms with Crippen molar-refractivity contribution in [1.82, 2.24) is 39.5 Å². The third-order valence-electron chi connectivity index (χ3n) is 13.7. The van der Waals surface area contributed by atoms with Crippen LogP contribution in [-0.4, -0.2) is 39.5 Å². The number of aromatic nitrogens is 8. The van der Waals surface area contributed by atoms with Crippen molar-refractivity contribution in [3.05, 3.63) is 254 Å². The molecular weight excluding hydrogens is 945 g/mol. The molecule has 4 heterocycles. The highest BCUT2D eigenvalue weighted by atomic mass is 15.1. The molecule has 0 spiro atoms. The van der Waals surface area contributed by atoms with Gasteiger partial charge in [0.2, 0.25) is 0 Å². The van der Waals surface area contributed by atoms with E-state index in [2.05, 4.69) is 71.3 Å². The van der Waals surface area contributed by atoms with Gasteiger partial charge in [-0.25, -0.2) is 29.9 Å². The Kier molecular flexibility index (Phi) is 11.7. The Labute approximate surface area is 443 Å². The highest BCUT2D eigenvalue weighted by Gasteiger charge is 2.24. The lowest BCUT2D eigenvalue weighted by Gasteiger charge is -2.18. The summed E-state index contributed by atoms with van der Waals surface area (Å²) >= 11 is 0. The fourth-order valence-electron chi connectivity index (χ4n) is 10.0. The molecule has 0 saturated heterocycles. The molecule has 10 heteroatoms. The van der Waals surface area contributed by atoms with Crippen molar-refractivity contribution in [3.63, 3.8) is 0 Å². The zero-order valence-corrected chi connectivity index (χ0v) is 41.1. The second kappa shape index (κ2) is 19.7. The van der Waals surface area contributed by atoms with Crippen LogP contribution in [0.3, 0.4) is 0 Å². The van der Waals surface area contributed by atoms with Crippen LogP contribution in [0.1, 0.15) is 11.1 Å². The molecule has 0 saturated carbocycles. The van der Waals surface area contributed by atoms with Gasteiger partial charge >= 0.3 is 0 Å². The molecule has 0 fully saturated rings. The van der Waals surface area contributed by atoms with E-state index < -0.39 is 0 Å². The Bertz CT molecular complexity index is 4240. The summed E-state index contributed by atoms with van der Waals surface area (Å²) in [5.41, 5.74) is 13.4. The van der Waals surface area contributed by atoms with E-state index in [4.69, 9.17) is 34.9 Å². The molecule has 0 unspecified atom stereocenters. The van der Waals surface area contributed by atoms with Crippen molar-refractivity contribution in [2.45, 2.75) is 0 Å². The molecule has 10 nitrogen and oxygen atoms in total. The molecule has 0 aliphatic rings. The van der Waals surface area contributed by atoms with Gasteiger partial charge in [-0.15, -0.1) is 0 Å². The molecule has 13 aromatic rings. The first kappa shape index (κ1) is 45.8. The summed E-state index contributed by atoms with van der Waals surface area (Å²) in [5.74, 6) is 3.04. The second-order valence-corrected chi connectivity index (χ2v) is 18.3. The molecule has 0 amide bonds. The van der Waals surface area contributed by atoms with Crippen molar-refractivity contribution in [2.75, 3.05) is 0 Å². The zero-order valence-electron chi connectivity index (χ0n) is 41.1. The smallest absolute Gasteiger partial charge is 0.166 e. The number of rotatable bonds is 10. The maximum Gasteiger partial charge on any atom is 0.166 e. The highest BCUT2D eigenvalue weighted by Crippen LogP contribution is 2.43. The predicted octanol–water partition coefficient (Wildman–Crippen LogP) is 15.3. The summed E-state index contributed by atoms with van der Waals surface area (Å²) in [6, 6.07) is 82.7. The molecule has 358 valence electrons. The van der Waals surface area contributed by atoms with E-state index in [0.29, 0.717) is 57.3 Å². The molecule has 0 aliphatic heterocycles. The lowest BCUT2D eigenvalue weighted by molar-refractivity contribution is 1.07. The SMILES string of the molecule is N#Cc1ccccc1-c1ccc2c(c1)c1cc(-c3ccccc3C#N)ccc1n2-c1ccc(-c2nc(-c3ccccc3)nc(-c3ccccc3)n2)cc1-c1ncccc1-c1nc(-c2ccccc2)nc(-c2ccccc2)n1. The van der Waals surface area contributed by atoms with Crippen LogP contribution in [0.15, 0.2) is 243 Å². The number of pyridine rings is 1. The van der Waals surface area contributed by atoms with Crippen LogP contribution >= 0.6 is 0 Å². The molecule has 13 rings (SSSR count). The van der Waals surface area contributed by atoms with Crippen molar-refractivity contribution < 1.29 is 0 Å². The number of hydrogen-bond acceptors (Lipinski definition) is 9. The summed E-state index contributed by atoms with van der Waals surface area (Å²) in [6.45, 7) is 0. The largest absolute Gasteiger partial charge is 0.309 e. The fraction of sp³-hybridized carbons (Fsp3) is 0. The average Bonchev–Trinajstić information content (AvgIpc) is 3.84. The molecule has 4 aromatic heterocycles. The van der Waals surface area contributed by atoms with Crippen LogP contribution in [0.2, 0.25) is 0 Å². The van der Waals surface area contributed by atoms with Crippen molar-refractivity contribution >= 4 is 21.8 Å². The van der Waals surface area contributed by atoms with E-state index in [1.54, 1.807) is 6.20 Å². The van der Waals surface area contributed by atoms with E-state index in [9.17, 15) is 10.5 Å². The second-order valence-electron chi connectivity index (χ2n) is 18.3. The van der Waals surface area contributed by atoms with E-state index in [-0.39, 0.29) is 0 Å². The standard InChI is InChI=1S/C67H40N10/c68-41-50-26-13-15-28-52(50)47-31-34-58-55(38-47)56-39-48(53-29-16-14-27-51(53)42-69)32-35-59(56)77(58)60-36-33-49(66-73-62(43-18-5-1-6-19-43)71-63(74-66)44-20-7-2-8-21-44)40-57(60)61-54(30-17-37-70-61)67-75-64(45-22-9-3-10-23-45)72-65(76-67)46-24-11-4-12-25-46/h1-40H. The lowest BCUT2D eigenvalue weighted by Crippen LogP contribution is -2.04. The molecular formula is C67H40N10. The van der Waals surface area contributed by atoms with E-state index in [0.717, 1.165) is 83.1 Å². The minimum atomic E-state index is 0.443. The minimum Gasteiger partial charge on any atom is -0.309 e. The van der Waals surface area contributed by atoms with Crippen LogP contribution in [-0.2, 0) is 0 Å². The molecule has 0 aliphatic carbocycles. The summed E-state index contributed by atoms with van der Waals surface area (Å²) < 4.78 is 2.26. The van der Waals surface area contributed by atoms with Crippen LogP contribution < -0.4 is 0 Å². The summed E-state index contributed by atoms with van der Waals surface area (Å²) in [5, 5.41) is 22.4. The van der Waals surface area contributed by atoms with E-state index in [1.807, 2.05) is 182 Å². The predicted molar refractivity (Wildman–Crippen MR) is 304 cm³/mol. The van der Waals surface area contributed by atoms with Gasteiger partial charge < -0.3 is 4.57 Å². The van der Waals surface area contributed by atoms with Crippen molar-refractivity contribution in [3.8, 4) is 120 Å². The first-order valence-electron chi connectivity index (χ1n) is 25.0. The van der Waals surface area contributed by atoms with E-state index in [1.165, 1.54) is 0 Å². The number of nitrogens with zero attached hydrogens (tertiary/aromatic N) is 10. The van der Waals surface area contributed by atoms with Gasteiger partial charge in [0.05, 0.1) is 45.7 Å². The first-order chi connectivity index (χ1) is 38.1. The zero-order chi connectivity index (χ0) is 51.7. The average molecular weight is 985 g/mol. The van der Waals surface area contributed by atoms with Gasteiger partial charge in [0.15, 0.2) is 34.9 Å². The molecule has 0 bridgehead atoms. The van der Waals surface area contributed by atoms with Crippen LogP contribution in [0.4, 0.5) is 0 Å². The van der Waals surface area contributed by atoms with E-state index >= 15 is 0 Å². The van der Waals surface area contributed by atoms with Crippen molar-refractivity contribution in [1.29, 1.82) is 10.5 Å². The number of nitriles is 2. The van der Waals surface area contributed by atoms with Crippen LogP contribution in [0.25, 0.3) is 129 Å². The third-order valence-corrected chi connectivity index (χ3v) is 13.7. The van der Waals surface area contributed by atoms with Gasteiger partial charge in [0, 0.05) is 55.9 Å². The van der Waals surface area contributed by atoms with Crippen molar-refractivity contribution in [2.24, 2.45) is 0 Å². The molecule has 0 N–H and O–H groups in total. The van der Waals surface area contributed by atoms with Crippen LogP contribution in [0, 0.1) is 22.7 Å². The third kappa shape index (κ3) is 8.60. The summed E-state index contributed by atoms with van der Waals surface area (Å²) in [6.07, 6.45) is 1.79. The Hall–Kier alpha value is -11.1. The van der Waals surface area contributed by atoms with Crippen LogP contribution in [0.5, 0.6) is 0 Å². The maximum absolute atomic E-state index is 10.3. The van der Waals surface area contributed by atoms with Gasteiger partial charge in [-0.3, -0.25) is 4.98 Å². The minimum absolute atomic E-state index is 0.443. The summed E-state index contributed by atoms with van der Waals surface area (Å²) in [4.78, 5) is 36.0. The van der Waals surface area contributed by atoms with Gasteiger partial charge in [-0.1, -0.05) is 170 Å². The molecule has 9 aromatic carbocycles. The fourth-order valence-corrected chi connectivity index (χ4v) is 10.0. The van der Waals surface area contributed by atoms with Gasteiger partial charge in [0.25, 0.3) is 0 Å². The van der Waals surface area contributed by atoms with Gasteiger partial charge in [-0.2, -0.15) is 10.5 Å². The number of benzene rings is 9. The van der Waals surface area contributed by atoms with Gasteiger partial charge in [-0.05, 0) is 89.0 Å². The maximum atomic E-state index is 10.3. The monoisotopic (exact) mass is 984 g/mol. The summed E-state index contributed by atoms with van der Waals surface area (Å²) in [7, 11) is 0. The highest BCUT2D eigenvalue weighted by molar-refractivity contribution is 6.12.